The van der Waals surface area contributed by atoms with Crippen LogP contribution in [0.5, 0.6) is 0 Å². The van der Waals surface area contributed by atoms with Gasteiger partial charge in [0.2, 0.25) is 0 Å². The van der Waals surface area contributed by atoms with Crippen LogP contribution in [0.1, 0.15) is 30.3 Å². The Morgan fingerprint density at radius 2 is 1.71 bits per heavy atom. The van der Waals surface area contributed by atoms with Crippen LogP contribution < -0.4 is 0 Å². The molecule has 0 fully saturated rings. The van der Waals surface area contributed by atoms with Crippen molar-refractivity contribution >= 4 is 16.9 Å². The number of hydrogen-bond donors (Lipinski definition) is 3. The number of rotatable bonds is 8. The molecule has 6 rings (SSSR count). The van der Waals surface area contributed by atoms with E-state index in [9.17, 15) is 20.1 Å². The molecular weight excluding hydrogens is 534 g/mol. The summed E-state index contributed by atoms with van der Waals surface area (Å²) in [5.41, 5.74) is 6.79. The molecule has 0 aliphatic heterocycles. The largest absolute Gasteiger partial charge is 0.387 e. The van der Waals surface area contributed by atoms with Crippen molar-refractivity contribution in [2.45, 2.75) is 58.1 Å². The van der Waals surface area contributed by atoms with Crippen LogP contribution in [0.25, 0.3) is 33.7 Å². The smallest absolute Gasteiger partial charge is 0.191 e. The second-order valence-corrected chi connectivity index (χ2v) is 10.5. The molecular formula is C31H31N7O4. The summed E-state index contributed by atoms with van der Waals surface area (Å²) in [5.74, 6) is 0.780. The molecule has 0 radical (unpaired) electrons. The van der Waals surface area contributed by atoms with Crippen molar-refractivity contribution in [1.82, 2.24) is 34.7 Å². The first-order chi connectivity index (χ1) is 20.4. The van der Waals surface area contributed by atoms with Gasteiger partial charge in [-0.2, -0.15) is 0 Å². The minimum absolute atomic E-state index is 0.0677. The highest BCUT2D eigenvalue weighted by atomic mass is 16.4. The number of imidazole rings is 1. The van der Waals surface area contributed by atoms with Crippen molar-refractivity contribution in [1.29, 1.82) is 0 Å². The number of nitrogens with zero attached hydrogens (tertiary/aromatic N) is 7. The second-order valence-electron chi connectivity index (χ2n) is 10.5. The Hall–Kier alpha value is -4.58. The number of hydrogen-bond acceptors (Lipinski definition) is 9. The second kappa shape index (κ2) is 11.4. The number of aryl methyl sites for hydroxylation is 2. The van der Waals surface area contributed by atoms with E-state index in [1.54, 1.807) is 0 Å². The van der Waals surface area contributed by atoms with Crippen LogP contribution in [-0.4, -0.2) is 74.2 Å². The number of carbonyl (C=O) groups excluding carboxylic acids is 1. The van der Waals surface area contributed by atoms with Gasteiger partial charge in [0, 0.05) is 23.8 Å². The number of carbonyl (C=O) groups is 1. The zero-order valence-electron chi connectivity index (χ0n) is 23.3. The van der Waals surface area contributed by atoms with E-state index in [4.69, 9.17) is 4.98 Å². The van der Waals surface area contributed by atoms with Gasteiger partial charge in [0.15, 0.2) is 17.3 Å². The number of Topliss-reactive ketones (excluding diaryl/α,β-unsaturated/α-hetero) is 1. The highest BCUT2D eigenvalue weighted by Gasteiger charge is 2.36. The van der Waals surface area contributed by atoms with Crippen molar-refractivity contribution in [3.63, 3.8) is 0 Å². The van der Waals surface area contributed by atoms with E-state index in [-0.39, 0.29) is 12.1 Å². The summed E-state index contributed by atoms with van der Waals surface area (Å²) in [4.78, 5) is 22.1. The average molecular weight is 566 g/mol. The van der Waals surface area contributed by atoms with E-state index < -0.39 is 24.1 Å². The molecule has 2 aromatic carbocycles. The fraction of sp³-hybridized carbons (Fsp3) is 0.290. The highest BCUT2D eigenvalue weighted by molar-refractivity contribution is 6.00. The SMILES string of the molecule is CCCc1nc2c(C)ccnc2n1Cc1ccc(-c2ccccc2-c2nnnn2CC2=C[C@@H](O)[C@@H](O)[C@H](O)C2=O)cc1. The molecule has 3 aromatic heterocycles. The number of tetrazole rings is 1. The van der Waals surface area contributed by atoms with Gasteiger partial charge >= 0.3 is 0 Å². The summed E-state index contributed by atoms with van der Waals surface area (Å²) in [7, 11) is 0. The lowest BCUT2D eigenvalue weighted by Crippen LogP contribution is -2.46. The topological polar surface area (TPSA) is 152 Å². The molecule has 3 heterocycles. The summed E-state index contributed by atoms with van der Waals surface area (Å²) in [6.45, 7) is 4.79. The summed E-state index contributed by atoms with van der Waals surface area (Å²) in [6, 6.07) is 18.0. The van der Waals surface area contributed by atoms with Crippen molar-refractivity contribution in [3.05, 3.63) is 89.4 Å². The Bertz CT molecular complexity index is 1790. The zero-order valence-corrected chi connectivity index (χ0v) is 23.3. The summed E-state index contributed by atoms with van der Waals surface area (Å²) in [6.07, 6.45) is 0.295. The molecule has 11 nitrogen and oxygen atoms in total. The molecule has 3 atom stereocenters. The molecule has 5 aromatic rings. The maximum Gasteiger partial charge on any atom is 0.191 e. The molecule has 3 N–H and O–H groups in total. The average Bonchev–Trinajstić information content (AvgIpc) is 3.60. The summed E-state index contributed by atoms with van der Waals surface area (Å²) < 4.78 is 3.64. The van der Waals surface area contributed by atoms with Crippen LogP contribution in [0.4, 0.5) is 0 Å². The van der Waals surface area contributed by atoms with Gasteiger partial charge in [0.25, 0.3) is 0 Å². The third kappa shape index (κ3) is 5.02. The predicted molar refractivity (Wildman–Crippen MR) is 155 cm³/mol. The first-order valence-corrected chi connectivity index (χ1v) is 13.9. The Morgan fingerprint density at radius 3 is 2.48 bits per heavy atom. The number of benzene rings is 2. The molecule has 0 saturated heterocycles. The number of pyridine rings is 1. The Labute approximate surface area is 241 Å². The maximum absolute atomic E-state index is 12.6. The van der Waals surface area contributed by atoms with E-state index >= 15 is 0 Å². The van der Waals surface area contributed by atoms with E-state index in [0.29, 0.717) is 12.4 Å². The van der Waals surface area contributed by atoms with Gasteiger partial charge in [-0.1, -0.05) is 55.5 Å². The fourth-order valence-corrected chi connectivity index (χ4v) is 5.38. The van der Waals surface area contributed by atoms with Crippen LogP contribution in [0, 0.1) is 6.92 Å². The van der Waals surface area contributed by atoms with Gasteiger partial charge in [0.05, 0.1) is 13.1 Å². The Balaban J connectivity index is 1.29. The normalized spacial score (nSPS) is 18.9. The Kier molecular flexibility index (Phi) is 7.46. The summed E-state index contributed by atoms with van der Waals surface area (Å²) >= 11 is 0. The van der Waals surface area contributed by atoms with Crippen molar-refractivity contribution in [2.75, 3.05) is 0 Å². The highest BCUT2D eigenvalue weighted by Crippen LogP contribution is 2.32. The third-order valence-corrected chi connectivity index (χ3v) is 7.64. The van der Waals surface area contributed by atoms with E-state index in [0.717, 1.165) is 57.6 Å². The molecule has 0 unspecified atom stereocenters. The lowest BCUT2D eigenvalue weighted by molar-refractivity contribution is -0.135. The lowest BCUT2D eigenvalue weighted by atomic mass is 9.91. The van der Waals surface area contributed by atoms with Crippen LogP contribution >= 0.6 is 0 Å². The van der Waals surface area contributed by atoms with Crippen LogP contribution in [-0.2, 0) is 24.3 Å². The van der Waals surface area contributed by atoms with Crippen molar-refractivity contribution in [3.8, 4) is 22.5 Å². The third-order valence-electron chi connectivity index (χ3n) is 7.64. The zero-order chi connectivity index (χ0) is 29.4. The van der Waals surface area contributed by atoms with Gasteiger partial charge in [-0.05, 0) is 58.2 Å². The van der Waals surface area contributed by atoms with Gasteiger partial charge in [0.1, 0.15) is 29.7 Å². The predicted octanol–water partition coefficient (Wildman–Crippen LogP) is 2.65. The number of aliphatic hydroxyl groups is 3. The van der Waals surface area contributed by atoms with Crippen molar-refractivity contribution < 1.29 is 20.1 Å². The van der Waals surface area contributed by atoms with Gasteiger partial charge < -0.3 is 19.9 Å². The molecule has 11 heteroatoms. The molecule has 0 amide bonds. The van der Waals surface area contributed by atoms with Gasteiger partial charge in [-0.3, -0.25) is 4.79 Å². The minimum Gasteiger partial charge on any atom is -0.387 e. The van der Waals surface area contributed by atoms with E-state index in [1.165, 1.54) is 10.8 Å². The van der Waals surface area contributed by atoms with Crippen molar-refractivity contribution in [2.24, 2.45) is 0 Å². The quantitative estimate of drug-likeness (QED) is 0.258. The van der Waals surface area contributed by atoms with E-state index in [1.807, 2.05) is 36.5 Å². The first kappa shape index (κ1) is 27.6. The standard InChI is InChI=1S/C31H31N7O4/c1-3-6-25-33-26-18(2)13-14-32-31(26)37(25)16-19-9-11-20(12-10-19)22-7-4-5-8-23(22)30-34-35-36-38(30)17-21-15-24(39)28(41)29(42)27(21)40/h4-5,7-15,24,28-29,39,41-42H,3,6,16-17H2,1-2H3/t24-,28-,29-/m1/s1. The molecule has 1 aliphatic rings. The van der Waals surface area contributed by atoms with Crippen LogP contribution in [0.2, 0.25) is 0 Å². The molecule has 1 aliphatic carbocycles. The molecule has 0 spiro atoms. The monoisotopic (exact) mass is 565 g/mol. The lowest BCUT2D eigenvalue weighted by Gasteiger charge is -2.26. The Morgan fingerprint density at radius 1 is 0.952 bits per heavy atom. The van der Waals surface area contributed by atoms with Gasteiger partial charge in [-0.25, -0.2) is 14.6 Å². The first-order valence-electron chi connectivity index (χ1n) is 13.9. The number of fused-ring (bicyclic) bond motifs is 1. The molecule has 0 saturated carbocycles. The number of aromatic nitrogens is 7. The summed E-state index contributed by atoms with van der Waals surface area (Å²) in [5, 5.41) is 42.0. The minimum atomic E-state index is -1.70. The van der Waals surface area contributed by atoms with E-state index in [2.05, 4.69) is 63.2 Å². The number of ketones is 1. The maximum atomic E-state index is 12.6. The van der Waals surface area contributed by atoms with Gasteiger partial charge in [-0.15, -0.1) is 5.10 Å². The van der Waals surface area contributed by atoms with Crippen LogP contribution in [0.3, 0.4) is 0 Å². The number of aliphatic hydroxyl groups excluding tert-OH is 3. The molecule has 0 bridgehead atoms. The molecule has 42 heavy (non-hydrogen) atoms. The molecule has 214 valence electrons. The van der Waals surface area contributed by atoms with Crippen LogP contribution in [0.15, 0.2) is 72.4 Å². The fourth-order valence-electron chi connectivity index (χ4n) is 5.38.